The van der Waals surface area contributed by atoms with Crippen molar-refractivity contribution < 1.29 is 75.8 Å². The molecule has 0 rings (SSSR count). The first-order valence-electron chi connectivity index (χ1n) is 49.4. The number of hydrogen-bond donors (Lipinski definition) is 4. The Morgan fingerprint density at radius 2 is 0.416 bits per heavy atom. The van der Waals surface area contributed by atoms with E-state index < -0.39 is 91.5 Å². The maximum atomic E-state index is 13.0. The third-order valence-corrected chi connectivity index (χ3v) is 22.4. The molecule has 0 aliphatic heterocycles. The molecule has 0 aromatic heterocycles. The standard InChI is InChI=1S/C107H178O16P2/c1-4-7-10-13-16-19-22-25-28-31-34-36-38-40-42-44-46-48-50-52-54-56-58-60-62-64-67-69-72-75-78-81-84-87-90-93-105(110)117-96-102(108)97-119-124(113,114)120-98-103(109)99-121-125(115,116)122-101-104(123-107(112)95-92-89-86-83-80-77-74-71-66-33-30-27-24-21-18-15-12-9-6-3)100-118-106(111)94-91-88-85-82-79-76-73-70-68-65-63-61-59-57-55-53-51-49-47-45-43-41-39-37-35-32-29-26-23-20-17-14-11-8-5-2/h7-12,16-21,25-30,34-37,40-43,46,48,66,71,77,80,86,89,102-104,108-109H,4-6,13-15,22-24,31-33,38-39,44-45,47,49-65,67-70,72-76,78-79,81-85,87-88,90-101H2,1-3H3,(H,113,114)(H,115,116)/b10-7-,11-8-,12-9-,19-16-,20-17-,21-18-,28-25-,29-26-,30-27-,36-34-,37-35-,42-40-,43-41-,48-46-,71-66-,80-77-,89-86-. The van der Waals surface area contributed by atoms with Gasteiger partial charge < -0.3 is 34.2 Å². The van der Waals surface area contributed by atoms with Crippen molar-refractivity contribution >= 4 is 33.6 Å². The van der Waals surface area contributed by atoms with Crippen LogP contribution in [0.15, 0.2) is 207 Å². The Kier molecular flexibility index (Phi) is 92.6. The van der Waals surface area contributed by atoms with Crippen LogP contribution in [0, 0.1) is 0 Å². The topological polar surface area (TPSA) is 231 Å². The van der Waals surface area contributed by atoms with E-state index in [1.165, 1.54) is 180 Å². The van der Waals surface area contributed by atoms with E-state index >= 15 is 0 Å². The van der Waals surface area contributed by atoms with Crippen LogP contribution in [-0.2, 0) is 55.8 Å². The number of allylic oxidation sites excluding steroid dienone is 34. The summed E-state index contributed by atoms with van der Waals surface area (Å²) in [5.74, 6) is -1.67. The van der Waals surface area contributed by atoms with Crippen molar-refractivity contribution in [2.75, 3.05) is 39.6 Å². The van der Waals surface area contributed by atoms with Gasteiger partial charge in [-0.2, -0.15) is 0 Å². The third kappa shape index (κ3) is 98.6. The first-order chi connectivity index (χ1) is 61.2. The second-order valence-corrected chi connectivity index (χ2v) is 35.3. The minimum Gasteiger partial charge on any atom is -0.463 e. The highest BCUT2D eigenvalue weighted by Crippen LogP contribution is 2.45. The molecule has 0 spiro atoms. The molecular formula is C107H178O16P2. The molecule has 0 fully saturated rings. The summed E-state index contributed by atoms with van der Waals surface area (Å²) < 4.78 is 61.4. The summed E-state index contributed by atoms with van der Waals surface area (Å²) in [6.45, 7) is 2.29. The zero-order valence-corrected chi connectivity index (χ0v) is 80.5. The van der Waals surface area contributed by atoms with E-state index in [2.05, 4.69) is 209 Å². The highest BCUT2D eigenvalue weighted by molar-refractivity contribution is 7.47. The highest BCUT2D eigenvalue weighted by Gasteiger charge is 2.30. The van der Waals surface area contributed by atoms with Crippen molar-refractivity contribution in [1.29, 1.82) is 0 Å². The number of rotatable bonds is 92. The quantitative estimate of drug-likeness (QED) is 0.0146. The lowest BCUT2D eigenvalue weighted by atomic mass is 10.0. The van der Waals surface area contributed by atoms with Crippen LogP contribution >= 0.6 is 15.6 Å². The third-order valence-electron chi connectivity index (χ3n) is 20.5. The number of carbonyl (C=O) groups excluding carboxylic acids is 3. The first kappa shape index (κ1) is 119. The van der Waals surface area contributed by atoms with E-state index in [1.54, 1.807) is 0 Å². The molecule has 5 atom stereocenters. The molecule has 5 unspecified atom stereocenters. The van der Waals surface area contributed by atoms with Crippen molar-refractivity contribution in [3.8, 4) is 0 Å². The van der Waals surface area contributed by atoms with E-state index in [1.807, 2.05) is 18.2 Å². The number of ether oxygens (including phenoxy) is 3. The normalized spacial score (nSPS) is 14.6. The Balaban J connectivity index is 4.52. The number of aliphatic hydroxyl groups excluding tert-OH is 2. The predicted octanol–water partition coefficient (Wildman–Crippen LogP) is 31.1. The highest BCUT2D eigenvalue weighted by atomic mass is 31.2. The van der Waals surface area contributed by atoms with Crippen LogP contribution in [-0.4, -0.2) is 95.9 Å². The van der Waals surface area contributed by atoms with Gasteiger partial charge in [0.05, 0.1) is 26.4 Å². The van der Waals surface area contributed by atoms with Gasteiger partial charge >= 0.3 is 33.6 Å². The monoisotopic (exact) mass is 1780 g/mol. The van der Waals surface area contributed by atoms with Crippen molar-refractivity contribution in [3.63, 3.8) is 0 Å². The summed E-state index contributed by atoms with van der Waals surface area (Å²) in [5, 5.41) is 20.8. The lowest BCUT2D eigenvalue weighted by Crippen LogP contribution is -2.29. The summed E-state index contributed by atoms with van der Waals surface area (Å²) in [5.41, 5.74) is 0. The lowest BCUT2D eigenvalue weighted by molar-refractivity contribution is -0.161. The Bertz CT molecular complexity index is 3100. The van der Waals surface area contributed by atoms with Gasteiger partial charge in [0.25, 0.3) is 0 Å². The van der Waals surface area contributed by atoms with Crippen LogP contribution in [0.1, 0.15) is 393 Å². The van der Waals surface area contributed by atoms with E-state index in [-0.39, 0.29) is 19.3 Å². The lowest BCUT2D eigenvalue weighted by Gasteiger charge is -2.21. The number of phosphoric acid groups is 2. The van der Waals surface area contributed by atoms with Gasteiger partial charge in [-0.05, 0) is 154 Å². The van der Waals surface area contributed by atoms with E-state index in [9.17, 15) is 43.5 Å². The minimum atomic E-state index is -4.97. The van der Waals surface area contributed by atoms with Crippen LogP contribution in [0.25, 0.3) is 0 Å². The molecule has 0 amide bonds. The molecule has 125 heavy (non-hydrogen) atoms. The largest absolute Gasteiger partial charge is 0.472 e. The van der Waals surface area contributed by atoms with Gasteiger partial charge in [0, 0.05) is 19.3 Å². The zero-order chi connectivity index (χ0) is 90.7. The number of esters is 3. The van der Waals surface area contributed by atoms with Crippen LogP contribution in [0.4, 0.5) is 0 Å². The fourth-order valence-electron chi connectivity index (χ4n) is 13.2. The summed E-state index contributed by atoms with van der Waals surface area (Å²) in [7, 11) is -9.84. The van der Waals surface area contributed by atoms with Crippen molar-refractivity contribution in [2.45, 2.75) is 411 Å². The second-order valence-electron chi connectivity index (χ2n) is 32.4. The Morgan fingerprint density at radius 1 is 0.224 bits per heavy atom. The van der Waals surface area contributed by atoms with Crippen LogP contribution in [0.5, 0.6) is 0 Å². The molecule has 0 aliphatic rings. The van der Waals surface area contributed by atoms with E-state index in [4.69, 9.17) is 32.3 Å². The number of carbonyl (C=O) groups is 3. The summed E-state index contributed by atoms with van der Waals surface area (Å²) >= 11 is 0. The van der Waals surface area contributed by atoms with E-state index in [0.717, 1.165) is 148 Å². The average molecular weight is 1780 g/mol. The molecule has 0 saturated carbocycles. The average Bonchev–Trinajstić information content (AvgIpc) is 0.893. The summed E-state index contributed by atoms with van der Waals surface area (Å²) in [6.07, 6.45) is 132. The Hall–Kier alpha value is -5.87. The smallest absolute Gasteiger partial charge is 0.463 e. The molecular weight excluding hydrogens is 1600 g/mol. The van der Waals surface area contributed by atoms with Crippen LogP contribution < -0.4 is 0 Å². The molecule has 0 aromatic rings. The van der Waals surface area contributed by atoms with Gasteiger partial charge in [-0.25, -0.2) is 9.13 Å². The molecule has 0 aromatic carbocycles. The molecule has 0 radical (unpaired) electrons. The number of aliphatic hydroxyl groups is 2. The van der Waals surface area contributed by atoms with Crippen molar-refractivity contribution in [2.24, 2.45) is 0 Å². The summed E-state index contributed by atoms with van der Waals surface area (Å²) in [6, 6.07) is 0. The molecule has 16 nitrogen and oxygen atoms in total. The maximum absolute atomic E-state index is 13.0. The van der Waals surface area contributed by atoms with Crippen LogP contribution in [0.3, 0.4) is 0 Å². The van der Waals surface area contributed by atoms with Gasteiger partial charge in [-0.15, -0.1) is 0 Å². The fraction of sp³-hybridized carbons (Fsp3) is 0.654. The van der Waals surface area contributed by atoms with Crippen LogP contribution in [0.2, 0.25) is 0 Å². The van der Waals surface area contributed by atoms with Gasteiger partial charge in [-0.1, -0.05) is 426 Å². The van der Waals surface area contributed by atoms with Crippen molar-refractivity contribution in [3.05, 3.63) is 207 Å². The molecule has 0 heterocycles. The van der Waals surface area contributed by atoms with Gasteiger partial charge in [0.2, 0.25) is 0 Å². The second kappa shape index (κ2) is 97.2. The zero-order valence-electron chi connectivity index (χ0n) is 78.7. The van der Waals surface area contributed by atoms with Gasteiger partial charge in [-0.3, -0.25) is 32.5 Å². The maximum Gasteiger partial charge on any atom is 0.472 e. The molecule has 0 aliphatic carbocycles. The van der Waals surface area contributed by atoms with E-state index in [0.29, 0.717) is 25.7 Å². The summed E-state index contributed by atoms with van der Waals surface area (Å²) in [4.78, 5) is 59.0. The molecule has 712 valence electrons. The first-order valence-corrected chi connectivity index (χ1v) is 52.4. The molecule has 0 bridgehead atoms. The number of phosphoric ester groups is 2. The van der Waals surface area contributed by atoms with Gasteiger partial charge in [0.1, 0.15) is 25.4 Å². The molecule has 4 N–H and O–H groups in total. The SMILES string of the molecule is CC/C=C\C/C=C\C/C=C\C/C=C\C/C=C\C/C=C\CCCCCCCCCCCCCCCCCCC(=O)OCC(O)COP(=O)(O)OCC(O)COP(=O)(O)OCC(COC(=O)CCCCCCCCCCCCCCCCCCCCC/C=C\C/C=C\C/C=C\C/C=C\C/C=C\CC)OC(=O)CC/C=C\C/C=C\C/C=C\C/C=C\C/C=C\C/C=C\CC. The minimum absolute atomic E-state index is 0.0244. The number of hydrogen-bond acceptors (Lipinski definition) is 14. The molecule has 0 saturated heterocycles. The Morgan fingerprint density at radius 3 is 0.664 bits per heavy atom. The fourth-order valence-corrected chi connectivity index (χ4v) is 14.7. The Labute approximate surface area is 762 Å². The molecule has 18 heteroatoms. The predicted molar refractivity (Wildman–Crippen MR) is 527 cm³/mol. The van der Waals surface area contributed by atoms with Gasteiger partial charge in [0.15, 0.2) is 6.10 Å². The number of unbranched alkanes of at least 4 members (excludes halogenated alkanes) is 35. The van der Waals surface area contributed by atoms with Crippen molar-refractivity contribution in [1.82, 2.24) is 0 Å².